The number of nitrogens with zero attached hydrogens (tertiary/aromatic N) is 2. The highest BCUT2D eigenvalue weighted by Gasteiger charge is 2.15. The van der Waals surface area contributed by atoms with Crippen LogP contribution in [0.1, 0.15) is 31.2 Å². The van der Waals surface area contributed by atoms with Crippen LogP contribution in [-0.4, -0.2) is 41.5 Å². The Morgan fingerprint density at radius 1 is 1.19 bits per heavy atom. The molecule has 1 aliphatic heterocycles. The van der Waals surface area contributed by atoms with Gasteiger partial charge < -0.3 is 20.6 Å². The number of amides is 1. The molecule has 1 aliphatic rings. The van der Waals surface area contributed by atoms with Gasteiger partial charge in [-0.3, -0.25) is 4.79 Å². The lowest BCUT2D eigenvalue weighted by Gasteiger charge is -2.20. The summed E-state index contributed by atoms with van der Waals surface area (Å²) >= 11 is 0. The first-order valence-electron chi connectivity index (χ1n) is 7.19. The minimum atomic E-state index is 0.0254. The summed E-state index contributed by atoms with van der Waals surface area (Å²) in [7, 11) is 0. The molecule has 0 aromatic heterocycles. The van der Waals surface area contributed by atoms with Crippen molar-refractivity contribution in [3.8, 4) is 5.75 Å². The number of hydrogen-bond acceptors (Lipinski definition) is 4. The Hall–Kier alpha value is -2.24. The first kappa shape index (κ1) is 15.2. The molecule has 1 aromatic carbocycles. The molecule has 0 radical (unpaired) electrons. The number of carbonyl (C=O) groups excluding carboxylic acids is 1. The Morgan fingerprint density at radius 2 is 1.81 bits per heavy atom. The van der Waals surface area contributed by atoms with Gasteiger partial charge >= 0.3 is 0 Å². The van der Waals surface area contributed by atoms with E-state index in [0.717, 1.165) is 25.9 Å². The summed E-state index contributed by atoms with van der Waals surface area (Å²) < 4.78 is 5.50. The molecule has 0 aliphatic carbocycles. The Morgan fingerprint density at radius 3 is 2.38 bits per heavy atom. The molecular formula is C15H21N3O3. The van der Waals surface area contributed by atoms with E-state index < -0.39 is 0 Å². The smallest absolute Gasteiger partial charge is 0.260 e. The van der Waals surface area contributed by atoms with E-state index in [1.54, 1.807) is 24.3 Å². The molecule has 0 spiro atoms. The number of amidine groups is 1. The molecule has 114 valence electrons. The van der Waals surface area contributed by atoms with Gasteiger partial charge in [0.15, 0.2) is 12.4 Å². The Bertz CT molecular complexity index is 491. The van der Waals surface area contributed by atoms with Crippen LogP contribution in [0, 0.1) is 0 Å². The molecular weight excluding hydrogens is 270 g/mol. The SMILES string of the molecule is N/C(=N\O)c1ccc(OCC(=O)N2CCCCCC2)cc1. The summed E-state index contributed by atoms with van der Waals surface area (Å²) in [6.45, 7) is 1.69. The highest BCUT2D eigenvalue weighted by atomic mass is 16.5. The molecule has 1 amide bonds. The topological polar surface area (TPSA) is 88.1 Å². The van der Waals surface area contributed by atoms with Crippen LogP contribution in [0.25, 0.3) is 0 Å². The highest BCUT2D eigenvalue weighted by molar-refractivity contribution is 5.97. The molecule has 2 rings (SSSR count). The van der Waals surface area contributed by atoms with Crippen molar-refractivity contribution < 1.29 is 14.7 Å². The van der Waals surface area contributed by atoms with Crippen LogP contribution >= 0.6 is 0 Å². The predicted molar refractivity (Wildman–Crippen MR) is 79.5 cm³/mol. The highest BCUT2D eigenvalue weighted by Crippen LogP contribution is 2.13. The molecule has 1 aromatic rings. The summed E-state index contributed by atoms with van der Waals surface area (Å²) in [5.74, 6) is 0.660. The maximum atomic E-state index is 12.1. The lowest BCUT2D eigenvalue weighted by atomic mass is 10.2. The van der Waals surface area contributed by atoms with Gasteiger partial charge in [0.05, 0.1) is 0 Å². The van der Waals surface area contributed by atoms with Crippen LogP contribution < -0.4 is 10.5 Å². The molecule has 6 heteroatoms. The van der Waals surface area contributed by atoms with Gasteiger partial charge in [0.25, 0.3) is 5.91 Å². The molecule has 1 heterocycles. The lowest BCUT2D eigenvalue weighted by Crippen LogP contribution is -2.35. The van der Waals surface area contributed by atoms with Gasteiger partial charge in [-0.1, -0.05) is 18.0 Å². The van der Waals surface area contributed by atoms with Crippen molar-refractivity contribution in [1.82, 2.24) is 4.90 Å². The van der Waals surface area contributed by atoms with Gasteiger partial charge in [0, 0.05) is 18.7 Å². The van der Waals surface area contributed by atoms with E-state index in [0.29, 0.717) is 11.3 Å². The Balaban J connectivity index is 1.86. The monoisotopic (exact) mass is 291 g/mol. The zero-order valence-corrected chi connectivity index (χ0v) is 12.0. The van der Waals surface area contributed by atoms with Crippen molar-refractivity contribution in [2.75, 3.05) is 19.7 Å². The molecule has 6 nitrogen and oxygen atoms in total. The minimum absolute atomic E-state index is 0.0254. The third-order valence-electron chi connectivity index (χ3n) is 3.58. The standard InChI is InChI=1S/C15H21N3O3/c16-15(17-20)12-5-7-13(8-6-12)21-11-14(19)18-9-3-1-2-4-10-18/h5-8,20H,1-4,9-11H2,(H2,16,17). The second-order valence-corrected chi connectivity index (χ2v) is 5.09. The average Bonchev–Trinajstić information content (AvgIpc) is 2.81. The number of likely N-dealkylation sites (tertiary alicyclic amines) is 1. The Kier molecular flexibility index (Phi) is 5.43. The molecule has 0 bridgehead atoms. The normalized spacial score (nSPS) is 16.4. The van der Waals surface area contributed by atoms with Crippen LogP contribution in [0.4, 0.5) is 0 Å². The number of hydrogen-bond donors (Lipinski definition) is 2. The van der Waals surface area contributed by atoms with Crippen molar-refractivity contribution in [2.24, 2.45) is 10.9 Å². The third-order valence-corrected chi connectivity index (χ3v) is 3.58. The number of rotatable bonds is 4. The maximum absolute atomic E-state index is 12.1. The van der Waals surface area contributed by atoms with Gasteiger partial charge in [-0.05, 0) is 37.1 Å². The van der Waals surface area contributed by atoms with E-state index in [4.69, 9.17) is 15.7 Å². The molecule has 1 fully saturated rings. The molecule has 3 N–H and O–H groups in total. The van der Waals surface area contributed by atoms with Crippen LogP contribution in [0.15, 0.2) is 29.4 Å². The van der Waals surface area contributed by atoms with Crippen molar-refractivity contribution in [1.29, 1.82) is 0 Å². The largest absolute Gasteiger partial charge is 0.484 e. The number of nitrogens with two attached hydrogens (primary N) is 1. The summed E-state index contributed by atoms with van der Waals surface area (Å²) in [6, 6.07) is 6.76. The summed E-state index contributed by atoms with van der Waals surface area (Å²) in [5.41, 5.74) is 6.08. The van der Waals surface area contributed by atoms with E-state index in [9.17, 15) is 4.79 Å². The van der Waals surface area contributed by atoms with Crippen molar-refractivity contribution in [3.05, 3.63) is 29.8 Å². The molecule has 0 unspecified atom stereocenters. The van der Waals surface area contributed by atoms with Crippen molar-refractivity contribution >= 4 is 11.7 Å². The predicted octanol–water partition coefficient (Wildman–Crippen LogP) is 1.56. The Labute approximate surface area is 124 Å². The molecule has 0 atom stereocenters. The van der Waals surface area contributed by atoms with Crippen LogP contribution in [-0.2, 0) is 4.79 Å². The third kappa shape index (κ3) is 4.37. The van der Waals surface area contributed by atoms with Gasteiger partial charge in [0.1, 0.15) is 5.75 Å². The molecule has 1 saturated heterocycles. The van der Waals surface area contributed by atoms with Crippen LogP contribution in [0.2, 0.25) is 0 Å². The summed E-state index contributed by atoms with van der Waals surface area (Å²) in [6.07, 6.45) is 4.53. The average molecular weight is 291 g/mol. The van der Waals surface area contributed by atoms with Gasteiger partial charge in [-0.2, -0.15) is 0 Å². The summed E-state index contributed by atoms with van der Waals surface area (Å²) in [4.78, 5) is 13.9. The quantitative estimate of drug-likeness (QED) is 0.381. The lowest BCUT2D eigenvalue weighted by molar-refractivity contribution is -0.133. The van der Waals surface area contributed by atoms with Gasteiger partial charge in [0.2, 0.25) is 0 Å². The maximum Gasteiger partial charge on any atom is 0.260 e. The second-order valence-electron chi connectivity index (χ2n) is 5.09. The van der Waals surface area contributed by atoms with E-state index >= 15 is 0 Å². The second kappa shape index (κ2) is 7.52. The first-order valence-corrected chi connectivity index (χ1v) is 7.19. The fourth-order valence-corrected chi connectivity index (χ4v) is 2.34. The fourth-order valence-electron chi connectivity index (χ4n) is 2.34. The summed E-state index contributed by atoms with van der Waals surface area (Å²) in [5, 5.41) is 11.5. The van der Waals surface area contributed by atoms with E-state index in [1.165, 1.54) is 12.8 Å². The zero-order valence-electron chi connectivity index (χ0n) is 12.0. The van der Waals surface area contributed by atoms with Crippen molar-refractivity contribution in [3.63, 3.8) is 0 Å². The van der Waals surface area contributed by atoms with Crippen LogP contribution in [0.5, 0.6) is 5.75 Å². The minimum Gasteiger partial charge on any atom is -0.484 e. The van der Waals surface area contributed by atoms with E-state index in [1.807, 2.05) is 4.90 Å². The first-order chi connectivity index (χ1) is 10.2. The van der Waals surface area contributed by atoms with E-state index in [-0.39, 0.29) is 18.3 Å². The zero-order chi connectivity index (χ0) is 15.1. The number of ether oxygens (including phenoxy) is 1. The number of benzene rings is 1. The van der Waals surface area contributed by atoms with Gasteiger partial charge in [-0.15, -0.1) is 0 Å². The van der Waals surface area contributed by atoms with Crippen LogP contribution in [0.3, 0.4) is 0 Å². The number of carbonyl (C=O) groups is 1. The van der Waals surface area contributed by atoms with E-state index in [2.05, 4.69) is 5.16 Å². The number of oxime groups is 1. The molecule has 0 saturated carbocycles. The molecule has 21 heavy (non-hydrogen) atoms. The fraction of sp³-hybridized carbons (Fsp3) is 0.467. The van der Waals surface area contributed by atoms with Gasteiger partial charge in [-0.25, -0.2) is 0 Å². The van der Waals surface area contributed by atoms with Crippen molar-refractivity contribution in [2.45, 2.75) is 25.7 Å².